The monoisotopic (exact) mass is 379 g/mol. The van der Waals surface area contributed by atoms with E-state index < -0.39 is 0 Å². The Bertz CT molecular complexity index is 1070. The van der Waals surface area contributed by atoms with Crippen molar-refractivity contribution in [3.63, 3.8) is 0 Å². The number of halogens is 1. The number of ether oxygens (including phenoxy) is 1. The number of benzene rings is 2. The third kappa shape index (κ3) is 4.21. The van der Waals surface area contributed by atoms with Gasteiger partial charge in [0.25, 0.3) is 0 Å². The third-order valence-corrected chi connectivity index (χ3v) is 3.81. The SMILES string of the molecule is Cc1cccc(Nc2nnc(-c3ccc(Oc4nccc(Cl)n4)cc3)o2)c1. The molecule has 0 spiro atoms. The van der Waals surface area contributed by atoms with Crippen LogP contribution in [0, 0.1) is 6.92 Å². The zero-order valence-electron chi connectivity index (χ0n) is 14.3. The minimum Gasteiger partial charge on any atom is -0.424 e. The fourth-order valence-electron chi connectivity index (χ4n) is 2.38. The van der Waals surface area contributed by atoms with Crippen molar-refractivity contribution >= 4 is 23.3 Å². The highest BCUT2D eigenvalue weighted by molar-refractivity contribution is 6.29. The number of aromatic nitrogens is 4. The van der Waals surface area contributed by atoms with E-state index in [-0.39, 0.29) is 6.01 Å². The van der Waals surface area contributed by atoms with Gasteiger partial charge in [-0.15, -0.1) is 5.10 Å². The Morgan fingerprint density at radius 1 is 1.04 bits per heavy atom. The summed E-state index contributed by atoms with van der Waals surface area (Å²) in [4.78, 5) is 7.98. The molecule has 0 aliphatic rings. The number of anilines is 2. The van der Waals surface area contributed by atoms with E-state index in [0.29, 0.717) is 22.8 Å². The lowest BCUT2D eigenvalue weighted by Crippen LogP contribution is -1.91. The smallest absolute Gasteiger partial charge is 0.323 e. The molecule has 134 valence electrons. The molecule has 27 heavy (non-hydrogen) atoms. The van der Waals surface area contributed by atoms with Gasteiger partial charge in [0, 0.05) is 17.4 Å². The van der Waals surface area contributed by atoms with Crippen LogP contribution in [-0.2, 0) is 0 Å². The van der Waals surface area contributed by atoms with Crippen molar-refractivity contribution in [1.29, 1.82) is 0 Å². The molecule has 8 heteroatoms. The molecule has 0 amide bonds. The summed E-state index contributed by atoms with van der Waals surface area (Å²) in [6.45, 7) is 2.02. The van der Waals surface area contributed by atoms with Crippen LogP contribution in [0.2, 0.25) is 5.15 Å². The molecule has 0 fully saturated rings. The maximum absolute atomic E-state index is 5.82. The predicted octanol–water partition coefficient (Wildman–Crippen LogP) is 5.02. The average molecular weight is 380 g/mol. The van der Waals surface area contributed by atoms with Crippen LogP contribution in [0.25, 0.3) is 11.5 Å². The second-order valence-corrected chi connectivity index (χ2v) is 6.08. The summed E-state index contributed by atoms with van der Waals surface area (Å²) >= 11 is 5.82. The van der Waals surface area contributed by atoms with Gasteiger partial charge in [-0.2, -0.15) is 4.98 Å². The molecule has 0 aliphatic carbocycles. The molecular formula is C19H14ClN5O2. The highest BCUT2D eigenvalue weighted by atomic mass is 35.5. The van der Waals surface area contributed by atoms with E-state index in [9.17, 15) is 0 Å². The molecule has 2 heterocycles. The molecule has 0 atom stereocenters. The third-order valence-electron chi connectivity index (χ3n) is 3.60. The van der Waals surface area contributed by atoms with Crippen LogP contribution >= 0.6 is 11.6 Å². The van der Waals surface area contributed by atoms with Gasteiger partial charge in [-0.3, -0.25) is 0 Å². The largest absolute Gasteiger partial charge is 0.424 e. The predicted molar refractivity (Wildman–Crippen MR) is 101 cm³/mol. The number of nitrogens with one attached hydrogen (secondary N) is 1. The van der Waals surface area contributed by atoms with Gasteiger partial charge in [0.1, 0.15) is 10.9 Å². The van der Waals surface area contributed by atoms with Gasteiger partial charge >= 0.3 is 12.0 Å². The van der Waals surface area contributed by atoms with Crippen LogP contribution in [-0.4, -0.2) is 20.2 Å². The van der Waals surface area contributed by atoms with Crippen LogP contribution in [0.4, 0.5) is 11.7 Å². The van der Waals surface area contributed by atoms with Gasteiger partial charge in [0.05, 0.1) is 0 Å². The number of aryl methyl sites for hydroxylation is 1. The number of hydrogen-bond acceptors (Lipinski definition) is 7. The fourth-order valence-corrected chi connectivity index (χ4v) is 2.51. The quantitative estimate of drug-likeness (QED) is 0.487. The molecule has 7 nitrogen and oxygen atoms in total. The summed E-state index contributed by atoms with van der Waals surface area (Å²) in [5.41, 5.74) is 2.79. The summed E-state index contributed by atoms with van der Waals surface area (Å²) in [7, 11) is 0. The summed E-state index contributed by atoms with van der Waals surface area (Å²) in [6, 6.07) is 17.1. The molecule has 0 aliphatic heterocycles. The molecule has 0 bridgehead atoms. The van der Waals surface area contributed by atoms with E-state index in [1.807, 2.05) is 43.3 Å². The second kappa shape index (κ2) is 7.43. The van der Waals surface area contributed by atoms with E-state index in [1.165, 1.54) is 6.20 Å². The van der Waals surface area contributed by atoms with Crippen molar-refractivity contribution in [1.82, 2.24) is 20.2 Å². The van der Waals surface area contributed by atoms with Gasteiger partial charge in [-0.05, 0) is 55.0 Å². The van der Waals surface area contributed by atoms with Gasteiger partial charge in [0.2, 0.25) is 5.89 Å². The molecule has 4 aromatic rings. The van der Waals surface area contributed by atoms with E-state index >= 15 is 0 Å². The molecular weight excluding hydrogens is 366 g/mol. The van der Waals surface area contributed by atoms with Gasteiger partial charge in [0.15, 0.2) is 0 Å². The Kier molecular flexibility index (Phi) is 4.67. The Labute approximate surface area is 160 Å². The van der Waals surface area contributed by atoms with Crippen molar-refractivity contribution < 1.29 is 9.15 Å². The highest BCUT2D eigenvalue weighted by Crippen LogP contribution is 2.26. The summed E-state index contributed by atoms with van der Waals surface area (Å²) < 4.78 is 11.2. The van der Waals surface area contributed by atoms with Gasteiger partial charge in [-0.25, -0.2) is 4.98 Å². The van der Waals surface area contributed by atoms with Crippen molar-refractivity contribution in [3.8, 4) is 23.2 Å². The maximum Gasteiger partial charge on any atom is 0.323 e. The minimum atomic E-state index is 0.178. The fraction of sp³-hybridized carbons (Fsp3) is 0.0526. The Morgan fingerprint density at radius 3 is 2.67 bits per heavy atom. The first-order valence-electron chi connectivity index (χ1n) is 8.10. The summed E-state index contributed by atoms with van der Waals surface area (Å²) in [5.74, 6) is 0.967. The molecule has 0 saturated carbocycles. The van der Waals surface area contributed by atoms with Crippen molar-refractivity contribution in [2.75, 3.05) is 5.32 Å². The van der Waals surface area contributed by atoms with Gasteiger partial charge < -0.3 is 14.5 Å². The molecule has 4 rings (SSSR count). The molecule has 2 aromatic carbocycles. The average Bonchev–Trinajstić information content (AvgIpc) is 3.11. The van der Waals surface area contributed by atoms with Crippen LogP contribution in [0.5, 0.6) is 11.8 Å². The summed E-state index contributed by atoms with van der Waals surface area (Å²) in [5, 5.41) is 11.5. The van der Waals surface area contributed by atoms with E-state index in [2.05, 4.69) is 25.5 Å². The summed E-state index contributed by atoms with van der Waals surface area (Å²) in [6.07, 6.45) is 1.53. The number of rotatable bonds is 5. The molecule has 0 unspecified atom stereocenters. The Balaban J connectivity index is 1.47. The molecule has 2 aromatic heterocycles. The van der Waals surface area contributed by atoms with Crippen LogP contribution in [0.1, 0.15) is 5.56 Å². The minimum absolute atomic E-state index is 0.178. The Morgan fingerprint density at radius 2 is 1.89 bits per heavy atom. The molecule has 0 saturated heterocycles. The second-order valence-electron chi connectivity index (χ2n) is 5.70. The van der Waals surface area contributed by atoms with E-state index in [0.717, 1.165) is 16.8 Å². The normalized spacial score (nSPS) is 10.6. The molecule has 1 N–H and O–H groups in total. The standard InChI is InChI=1S/C19H14ClN5O2/c1-12-3-2-4-14(11-12)22-19-25-24-17(27-19)13-5-7-15(8-6-13)26-18-21-10-9-16(20)23-18/h2-11H,1H3,(H,22,25). The first kappa shape index (κ1) is 17.0. The maximum atomic E-state index is 5.82. The van der Waals surface area contributed by atoms with Crippen LogP contribution < -0.4 is 10.1 Å². The number of hydrogen-bond donors (Lipinski definition) is 1. The highest BCUT2D eigenvalue weighted by Gasteiger charge is 2.10. The Hall–Kier alpha value is -3.45. The topological polar surface area (TPSA) is 86.0 Å². The van der Waals surface area contributed by atoms with Crippen molar-refractivity contribution in [2.24, 2.45) is 0 Å². The number of nitrogens with zero attached hydrogens (tertiary/aromatic N) is 4. The van der Waals surface area contributed by atoms with Crippen molar-refractivity contribution in [2.45, 2.75) is 6.92 Å². The lowest BCUT2D eigenvalue weighted by molar-refractivity contribution is 0.442. The van der Waals surface area contributed by atoms with Gasteiger partial charge in [-0.1, -0.05) is 28.8 Å². The lowest BCUT2D eigenvalue weighted by Gasteiger charge is -2.04. The first-order chi connectivity index (χ1) is 13.2. The van der Waals surface area contributed by atoms with Crippen LogP contribution in [0.3, 0.4) is 0 Å². The first-order valence-corrected chi connectivity index (χ1v) is 8.47. The zero-order chi connectivity index (χ0) is 18.6. The zero-order valence-corrected chi connectivity index (χ0v) is 15.0. The van der Waals surface area contributed by atoms with E-state index in [1.54, 1.807) is 18.2 Å². The van der Waals surface area contributed by atoms with Crippen LogP contribution in [0.15, 0.2) is 65.2 Å². The molecule has 0 radical (unpaired) electrons. The van der Waals surface area contributed by atoms with E-state index in [4.69, 9.17) is 20.8 Å². The van der Waals surface area contributed by atoms with Crippen molar-refractivity contribution in [3.05, 3.63) is 71.5 Å². The lowest BCUT2D eigenvalue weighted by atomic mass is 10.2.